The molecular weight excluding hydrogens is 518 g/mol. The molecule has 8 nitrogen and oxygen atoms in total. The van der Waals surface area contributed by atoms with Crippen LogP contribution in [-0.2, 0) is 20.7 Å². The van der Waals surface area contributed by atoms with Crippen LogP contribution in [0.2, 0.25) is 0 Å². The lowest BCUT2D eigenvalue weighted by molar-refractivity contribution is -0.145. The van der Waals surface area contributed by atoms with Crippen LogP contribution in [0.1, 0.15) is 90.0 Å². The molecule has 222 valence electrons. The zero-order valence-electron chi connectivity index (χ0n) is 25.2. The predicted octanol–water partition coefficient (Wildman–Crippen LogP) is 5.48. The molecule has 2 aromatic carbocycles. The molecule has 0 bridgehead atoms. The maximum Gasteiger partial charge on any atom is 0.408 e. The summed E-state index contributed by atoms with van der Waals surface area (Å²) < 4.78 is 5.48. The maximum absolute atomic E-state index is 14.5. The van der Waals surface area contributed by atoms with Gasteiger partial charge in [0.15, 0.2) is 0 Å². The number of nitrogens with zero attached hydrogens (tertiary/aromatic N) is 1. The first-order valence-electron chi connectivity index (χ1n) is 14.3. The van der Waals surface area contributed by atoms with Gasteiger partial charge in [0, 0.05) is 24.6 Å². The molecule has 0 heterocycles. The first-order chi connectivity index (χ1) is 19.4. The van der Waals surface area contributed by atoms with E-state index in [0.717, 1.165) is 19.3 Å². The highest BCUT2D eigenvalue weighted by Crippen LogP contribution is 2.29. The van der Waals surface area contributed by atoms with Crippen molar-refractivity contribution in [3.63, 3.8) is 0 Å². The van der Waals surface area contributed by atoms with E-state index in [9.17, 15) is 19.5 Å². The lowest BCUT2D eigenvalue weighted by atomic mass is 9.95. The molecule has 0 saturated carbocycles. The van der Waals surface area contributed by atoms with Crippen LogP contribution in [0.5, 0.6) is 5.75 Å². The highest BCUT2D eigenvalue weighted by Gasteiger charge is 2.39. The summed E-state index contributed by atoms with van der Waals surface area (Å²) >= 11 is 0. The number of alkyl carbamates (subject to hydrolysis) is 1. The van der Waals surface area contributed by atoms with E-state index >= 15 is 0 Å². The zero-order valence-corrected chi connectivity index (χ0v) is 25.2. The fraction of sp³-hybridized carbons (Fsp3) is 0.485. The second-order valence-electron chi connectivity index (χ2n) is 11.2. The molecule has 8 heteroatoms. The first kappa shape index (κ1) is 33.2. The van der Waals surface area contributed by atoms with Gasteiger partial charge >= 0.3 is 6.09 Å². The van der Waals surface area contributed by atoms with Gasteiger partial charge in [-0.25, -0.2) is 4.79 Å². The van der Waals surface area contributed by atoms with Gasteiger partial charge in [-0.3, -0.25) is 9.59 Å². The van der Waals surface area contributed by atoms with Crippen LogP contribution in [0, 0.1) is 12.3 Å². The van der Waals surface area contributed by atoms with Crippen LogP contribution in [-0.4, -0.2) is 52.1 Å². The number of hydrogen-bond donors (Lipinski definition) is 3. The van der Waals surface area contributed by atoms with Crippen LogP contribution in [0.4, 0.5) is 4.79 Å². The molecule has 0 aromatic heterocycles. The maximum atomic E-state index is 14.5. The van der Waals surface area contributed by atoms with Gasteiger partial charge in [-0.2, -0.15) is 0 Å². The number of nitrogens with one attached hydrogen (secondary N) is 2. The highest BCUT2D eigenvalue weighted by molar-refractivity contribution is 5.93. The van der Waals surface area contributed by atoms with Crippen molar-refractivity contribution in [2.24, 2.45) is 0 Å². The highest BCUT2D eigenvalue weighted by atomic mass is 16.6. The molecule has 0 spiro atoms. The SMILES string of the molecule is C#Cc1ccccc1C(C(=O)NCCCCC)N(C(=O)C(Cc1ccc(O)cc1)NC(=O)OC(C)(C)C)C(C)CC. The number of amides is 3. The van der Waals surface area contributed by atoms with Crippen molar-refractivity contribution in [1.82, 2.24) is 15.5 Å². The second kappa shape index (κ2) is 15.7. The van der Waals surface area contributed by atoms with Gasteiger partial charge in [-0.15, -0.1) is 6.42 Å². The number of phenolic OH excluding ortho intramolecular Hbond substituents is 1. The molecule has 3 amide bonds. The molecule has 41 heavy (non-hydrogen) atoms. The van der Waals surface area contributed by atoms with E-state index < -0.39 is 29.7 Å². The second-order valence-corrected chi connectivity index (χ2v) is 11.2. The quantitative estimate of drug-likeness (QED) is 0.221. The van der Waals surface area contributed by atoms with Gasteiger partial charge in [-0.1, -0.05) is 62.9 Å². The molecule has 2 aromatic rings. The third kappa shape index (κ3) is 10.2. The van der Waals surface area contributed by atoms with Crippen molar-refractivity contribution in [3.05, 3.63) is 65.2 Å². The van der Waals surface area contributed by atoms with Crippen LogP contribution >= 0.6 is 0 Å². The minimum atomic E-state index is -1.06. The van der Waals surface area contributed by atoms with Crippen molar-refractivity contribution < 1.29 is 24.2 Å². The smallest absolute Gasteiger partial charge is 0.408 e. The van der Waals surface area contributed by atoms with Gasteiger partial charge in [-0.05, 0) is 69.9 Å². The molecule has 0 aliphatic rings. The Morgan fingerprint density at radius 3 is 2.29 bits per heavy atom. The number of phenols is 1. The summed E-state index contributed by atoms with van der Waals surface area (Å²) in [5.41, 5.74) is 0.986. The zero-order chi connectivity index (χ0) is 30.6. The van der Waals surface area contributed by atoms with Gasteiger partial charge in [0.25, 0.3) is 0 Å². The van der Waals surface area contributed by atoms with Crippen LogP contribution < -0.4 is 10.6 Å². The Labute approximate surface area is 244 Å². The van der Waals surface area contributed by atoms with Gasteiger partial charge in [0.05, 0.1) is 0 Å². The Balaban J connectivity index is 2.60. The van der Waals surface area contributed by atoms with Crippen molar-refractivity contribution in [3.8, 4) is 18.1 Å². The summed E-state index contributed by atoms with van der Waals surface area (Å²) in [6.07, 6.45) is 8.55. The van der Waals surface area contributed by atoms with Crippen LogP contribution in [0.15, 0.2) is 48.5 Å². The van der Waals surface area contributed by atoms with E-state index in [0.29, 0.717) is 29.7 Å². The lowest BCUT2D eigenvalue weighted by Gasteiger charge is -2.38. The van der Waals surface area contributed by atoms with Crippen molar-refractivity contribution in [2.45, 2.75) is 97.4 Å². The number of hydrogen-bond acceptors (Lipinski definition) is 5. The number of carbonyl (C=O) groups excluding carboxylic acids is 3. The van der Waals surface area contributed by atoms with Gasteiger partial charge < -0.3 is 25.4 Å². The molecule has 3 unspecified atom stereocenters. The average molecular weight is 564 g/mol. The molecule has 3 atom stereocenters. The standard InChI is InChI=1S/C33H45N3O5/c1-8-11-14-21-34-30(38)29(27-16-13-12-15-25(27)10-3)36(23(4)9-2)31(39)28(35-32(40)41-33(5,6)7)22-24-17-19-26(37)20-18-24/h3,12-13,15-20,23,28-29,37H,8-9,11,14,21-22H2,1-2,4-7H3,(H,34,38)(H,35,40). The van der Waals surface area contributed by atoms with E-state index in [4.69, 9.17) is 11.2 Å². The monoisotopic (exact) mass is 563 g/mol. The lowest BCUT2D eigenvalue weighted by Crippen LogP contribution is -2.56. The number of carbonyl (C=O) groups is 3. The Bertz CT molecular complexity index is 1200. The molecule has 0 saturated heterocycles. The number of terminal acetylenes is 1. The first-order valence-corrected chi connectivity index (χ1v) is 14.3. The van der Waals surface area contributed by atoms with E-state index in [2.05, 4.69) is 23.5 Å². The molecule has 0 aliphatic heterocycles. The topological polar surface area (TPSA) is 108 Å². The summed E-state index contributed by atoms with van der Waals surface area (Å²) in [6, 6.07) is 11.1. The van der Waals surface area contributed by atoms with Crippen molar-refractivity contribution in [2.75, 3.05) is 6.54 Å². The summed E-state index contributed by atoms with van der Waals surface area (Å²) in [7, 11) is 0. The van der Waals surface area contributed by atoms with E-state index in [1.807, 2.05) is 13.8 Å². The number of ether oxygens (including phenoxy) is 1. The normalized spacial score (nSPS) is 13.3. The van der Waals surface area contributed by atoms with Crippen molar-refractivity contribution >= 4 is 17.9 Å². The predicted molar refractivity (Wildman–Crippen MR) is 161 cm³/mol. The third-order valence-corrected chi connectivity index (χ3v) is 6.70. The molecule has 0 radical (unpaired) electrons. The third-order valence-electron chi connectivity index (χ3n) is 6.70. The fourth-order valence-corrected chi connectivity index (χ4v) is 4.46. The minimum Gasteiger partial charge on any atom is -0.508 e. The Morgan fingerprint density at radius 1 is 1.05 bits per heavy atom. The molecule has 2 rings (SSSR count). The van der Waals surface area contributed by atoms with E-state index in [1.54, 1.807) is 57.2 Å². The minimum absolute atomic E-state index is 0.0867. The molecule has 3 N–H and O–H groups in total. The Kier molecular flexibility index (Phi) is 12.7. The van der Waals surface area contributed by atoms with Crippen molar-refractivity contribution in [1.29, 1.82) is 0 Å². The van der Waals surface area contributed by atoms with Crippen LogP contribution in [0.25, 0.3) is 0 Å². The van der Waals surface area contributed by atoms with E-state index in [-0.39, 0.29) is 24.1 Å². The van der Waals surface area contributed by atoms with Gasteiger partial charge in [0.2, 0.25) is 11.8 Å². The summed E-state index contributed by atoms with van der Waals surface area (Å²) in [5, 5.41) is 15.5. The number of unbranched alkanes of at least 4 members (excludes halogenated alkanes) is 2. The Morgan fingerprint density at radius 2 is 1.71 bits per heavy atom. The van der Waals surface area contributed by atoms with Crippen LogP contribution in [0.3, 0.4) is 0 Å². The molecule has 0 fully saturated rings. The number of rotatable bonds is 13. The number of aromatic hydroxyl groups is 1. The fourth-order valence-electron chi connectivity index (χ4n) is 4.46. The molecular formula is C33H45N3O5. The van der Waals surface area contributed by atoms with E-state index in [1.165, 1.54) is 17.0 Å². The summed E-state index contributed by atoms with van der Waals surface area (Å²) in [5.74, 6) is 1.97. The summed E-state index contributed by atoms with van der Waals surface area (Å²) in [6.45, 7) is 11.6. The molecule has 0 aliphatic carbocycles. The van der Waals surface area contributed by atoms with Gasteiger partial charge in [0.1, 0.15) is 23.4 Å². The average Bonchev–Trinajstić information content (AvgIpc) is 2.93. The number of benzene rings is 2. The largest absolute Gasteiger partial charge is 0.508 e. The summed E-state index contributed by atoms with van der Waals surface area (Å²) in [4.78, 5) is 42.8. The Hall–Kier alpha value is -3.99.